The Hall–Kier alpha value is -4.13. The van der Waals surface area contributed by atoms with Crippen LogP contribution < -0.4 is 15.0 Å². The summed E-state index contributed by atoms with van der Waals surface area (Å²) in [6, 6.07) is 20.9. The molecule has 7 nitrogen and oxygen atoms in total. The number of amides is 2. The van der Waals surface area contributed by atoms with Gasteiger partial charge in [0.15, 0.2) is 6.61 Å². The minimum Gasteiger partial charge on any atom is -0.457 e. The third-order valence-electron chi connectivity index (χ3n) is 6.65. The van der Waals surface area contributed by atoms with Crippen LogP contribution in [0.15, 0.2) is 66.7 Å². The van der Waals surface area contributed by atoms with Crippen LogP contribution in [0.3, 0.4) is 0 Å². The van der Waals surface area contributed by atoms with E-state index in [0.717, 1.165) is 16.9 Å². The van der Waals surface area contributed by atoms with Crippen molar-refractivity contribution in [2.75, 3.05) is 23.4 Å². The minimum atomic E-state index is -0.632. The van der Waals surface area contributed by atoms with Gasteiger partial charge in [-0.25, -0.2) is 0 Å². The van der Waals surface area contributed by atoms with Crippen molar-refractivity contribution in [3.8, 4) is 11.5 Å². The smallest absolute Gasteiger partial charge is 0.311 e. The molecule has 0 unspecified atom stereocenters. The number of aryl methyl sites for hydroxylation is 2. The predicted molar refractivity (Wildman–Crippen MR) is 148 cm³/mol. The Balaban J connectivity index is 1.30. The van der Waals surface area contributed by atoms with Gasteiger partial charge in [0.2, 0.25) is 5.91 Å². The Morgan fingerprint density at radius 1 is 0.921 bits per heavy atom. The molecule has 0 bridgehead atoms. The number of ether oxygens (including phenoxy) is 2. The number of nitrogens with zero attached hydrogens (tertiary/aromatic N) is 1. The van der Waals surface area contributed by atoms with Gasteiger partial charge in [0, 0.05) is 24.3 Å². The molecular formula is C31H34N2O5. The van der Waals surface area contributed by atoms with Crippen LogP contribution in [-0.4, -0.2) is 30.9 Å². The zero-order valence-corrected chi connectivity index (χ0v) is 22.5. The summed E-state index contributed by atoms with van der Waals surface area (Å²) in [5.41, 5.74) is 4.54. The highest BCUT2D eigenvalue weighted by atomic mass is 16.5. The molecule has 1 atom stereocenters. The summed E-state index contributed by atoms with van der Waals surface area (Å²) >= 11 is 0. The normalized spacial score (nSPS) is 15.3. The first-order chi connectivity index (χ1) is 18.0. The predicted octanol–water partition coefficient (Wildman–Crippen LogP) is 5.93. The topological polar surface area (TPSA) is 84.9 Å². The number of carbonyl (C=O) groups excluding carboxylic acids is 3. The van der Waals surface area contributed by atoms with Gasteiger partial charge in [0.05, 0.1) is 5.92 Å². The van der Waals surface area contributed by atoms with Gasteiger partial charge in [0.1, 0.15) is 11.5 Å². The molecule has 1 fully saturated rings. The largest absolute Gasteiger partial charge is 0.457 e. The van der Waals surface area contributed by atoms with Crippen LogP contribution in [0.5, 0.6) is 11.5 Å². The van der Waals surface area contributed by atoms with Gasteiger partial charge in [-0.1, -0.05) is 51.1 Å². The number of hydrogen-bond donors (Lipinski definition) is 1. The Kier molecular flexibility index (Phi) is 7.86. The quantitative estimate of drug-likeness (QED) is 0.395. The highest BCUT2D eigenvalue weighted by molar-refractivity contribution is 6.00. The molecular weight excluding hydrogens is 480 g/mol. The number of esters is 1. The zero-order chi connectivity index (χ0) is 27.4. The molecule has 0 aromatic heterocycles. The second-order valence-corrected chi connectivity index (χ2v) is 10.7. The molecule has 2 amide bonds. The monoisotopic (exact) mass is 514 g/mol. The molecule has 3 aromatic rings. The summed E-state index contributed by atoms with van der Waals surface area (Å²) < 4.78 is 11.2. The summed E-state index contributed by atoms with van der Waals surface area (Å²) in [6.07, 6.45) is 0.0374. The average Bonchev–Trinajstić information content (AvgIpc) is 3.27. The van der Waals surface area contributed by atoms with Gasteiger partial charge in [-0.15, -0.1) is 0 Å². The lowest BCUT2D eigenvalue weighted by Crippen LogP contribution is -2.28. The van der Waals surface area contributed by atoms with Gasteiger partial charge < -0.3 is 19.7 Å². The minimum absolute atomic E-state index is 0.0374. The zero-order valence-electron chi connectivity index (χ0n) is 22.5. The number of para-hydroxylation sites is 1. The van der Waals surface area contributed by atoms with Crippen molar-refractivity contribution in [1.82, 2.24) is 0 Å². The standard InChI is InChI=1S/C31H34N2O5/c1-20-7-6-8-21(2)29(20)32-27(34)19-37-30(36)22-17-28(35)33(18-22)24-11-15-26(16-12-24)38-25-13-9-23(10-14-25)31(3,4)5/h6-16,22H,17-19H2,1-5H3,(H,32,34)/t22-/m0/s1. The fourth-order valence-corrected chi connectivity index (χ4v) is 4.41. The SMILES string of the molecule is Cc1cccc(C)c1NC(=O)COC(=O)[C@H]1CC(=O)N(c2ccc(Oc3ccc(C(C)(C)C)cc3)cc2)C1. The van der Waals surface area contributed by atoms with E-state index in [1.54, 1.807) is 29.2 Å². The maximum atomic E-state index is 12.6. The highest BCUT2D eigenvalue weighted by Crippen LogP contribution is 2.30. The van der Waals surface area contributed by atoms with Crippen molar-refractivity contribution in [3.63, 3.8) is 0 Å². The lowest BCUT2D eigenvalue weighted by molar-refractivity contribution is -0.151. The summed E-state index contributed by atoms with van der Waals surface area (Å²) in [7, 11) is 0. The molecule has 0 radical (unpaired) electrons. The van der Waals surface area contributed by atoms with E-state index < -0.39 is 24.4 Å². The second-order valence-electron chi connectivity index (χ2n) is 10.7. The number of nitrogens with one attached hydrogen (secondary N) is 1. The average molecular weight is 515 g/mol. The van der Waals surface area contributed by atoms with Gasteiger partial charge in [0.25, 0.3) is 5.91 Å². The maximum absolute atomic E-state index is 12.6. The molecule has 0 saturated carbocycles. The van der Waals surface area contributed by atoms with E-state index in [1.165, 1.54) is 5.56 Å². The van der Waals surface area contributed by atoms with Crippen molar-refractivity contribution in [3.05, 3.63) is 83.4 Å². The van der Waals surface area contributed by atoms with Crippen molar-refractivity contribution < 1.29 is 23.9 Å². The van der Waals surface area contributed by atoms with Crippen LogP contribution in [-0.2, 0) is 24.5 Å². The molecule has 1 aliphatic heterocycles. The first-order valence-electron chi connectivity index (χ1n) is 12.7. The van der Waals surface area contributed by atoms with Crippen LogP contribution in [0, 0.1) is 19.8 Å². The Morgan fingerprint density at radius 2 is 1.50 bits per heavy atom. The van der Waals surface area contributed by atoms with E-state index in [2.05, 4.69) is 38.2 Å². The van der Waals surface area contributed by atoms with Crippen molar-refractivity contribution >= 4 is 29.2 Å². The van der Waals surface area contributed by atoms with E-state index in [4.69, 9.17) is 9.47 Å². The number of carbonyl (C=O) groups is 3. The third kappa shape index (κ3) is 6.40. The third-order valence-corrected chi connectivity index (χ3v) is 6.65. The van der Waals surface area contributed by atoms with Crippen molar-refractivity contribution in [2.24, 2.45) is 5.92 Å². The Bertz CT molecular complexity index is 1300. The Labute approximate surface area is 223 Å². The van der Waals surface area contributed by atoms with Crippen molar-refractivity contribution in [2.45, 2.75) is 46.5 Å². The van der Waals surface area contributed by atoms with Crippen molar-refractivity contribution in [1.29, 1.82) is 0 Å². The maximum Gasteiger partial charge on any atom is 0.311 e. The summed E-state index contributed by atoms with van der Waals surface area (Å²) in [5, 5.41) is 2.79. The molecule has 0 aliphatic carbocycles. The Morgan fingerprint density at radius 3 is 2.08 bits per heavy atom. The van der Waals surface area contributed by atoms with Crippen LogP contribution in [0.4, 0.5) is 11.4 Å². The number of rotatable bonds is 7. The molecule has 7 heteroatoms. The van der Waals surface area contributed by atoms with E-state index in [1.807, 2.05) is 44.2 Å². The second kappa shape index (κ2) is 11.1. The first kappa shape index (κ1) is 26.9. The van der Waals surface area contributed by atoms with E-state index in [-0.39, 0.29) is 24.3 Å². The molecule has 1 heterocycles. The van der Waals surface area contributed by atoms with Gasteiger partial charge in [-0.05, 0) is 72.4 Å². The molecule has 4 rings (SSSR count). The first-order valence-corrected chi connectivity index (χ1v) is 12.7. The van der Waals surface area contributed by atoms with Crippen LogP contribution >= 0.6 is 0 Å². The van der Waals surface area contributed by atoms with Crippen LogP contribution in [0.2, 0.25) is 0 Å². The molecule has 1 aliphatic rings. The molecule has 3 aromatic carbocycles. The highest BCUT2D eigenvalue weighted by Gasteiger charge is 2.36. The number of anilines is 2. The van der Waals surface area contributed by atoms with E-state index >= 15 is 0 Å². The van der Waals surface area contributed by atoms with E-state index in [9.17, 15) is 14.4 Å². The molecule has 38 heavy (non-hydrogen) atoms. The summed E-state index contributed by atoms with van der Waals surface area (Å²) in [5.74, 6) is -0.398. The fraction of sp³-hybridized carbons (Fsp3) is 0.323. The number of benzene rings is 3. The molecule has 1 saturated heterocycles. The fourth-order valence-electron chi connectivity index (χ4n) is 4.41. The lowest BCUT2D eigenvalue weighted by atomic mass is 9.87. The lowest BCUT2D eigenvalue weighted by Gasteiger charge is -2.19. The van der Waals surface area contributed by atoms with Gasteiger partial charge in [-0.2, -0.15) is 0 Å². The number of hydrogen-bond acceptors (Lipinski definition) is 5. The molecule has 198 valence electrons. The molecule has 0 spiro atoms. The van der Waals surface area contributed by atoms with Gasteiger partial charge >= 0.3 is 5.97 Å². The van der Waals surface area contributed by atoms with Gasteiger partial charge in [-0.3, -0.25) is 14.4 Å². The summed E-state index contributed by atoms with van der Waals surface area (Å²) in [6.45, 7) is 10.1. The van der Waals surface area contributed by atoms with Crippen LogP contribution in [0.1, 0.15) is 43.9 Å². The van der Waals surface area contributed by atoms with Crippen LogP contribution in [0.25, 0.3) is 0 Å². The van der Waals surface area contributed by atoms with E-state index in [0.29, 0.717) is 17.1 Å². The summed E-state index contributed by atoms with van der Waals surface area (Å²) in [4.78, 5) is 39.1. The molecule has 1 N–H and O–H groups in total.